The highest BCUT2D eigenvalue weighted by molar-refractivity contribution is 5.86. The van der Waals surface area contributed by atoms with E-state index in [4.69, 9.17) is 19.0 Å². The zero-order valence-electron chi connectivity index (χ0n) is 15.9. The molecule has 0 aliphatic rings. The summed E-state index contributed by atoms with van der Waals surface area (Å²) in [6.45, 7) is 12.4. The number of imide groups is 1. The van der Waals surface area contributed by atoms with Crippen molar-refractivity contribution in [2.24, 2.45) is 0 Å². The Hall–Kier alpha value is -1.38. The lowest BCUT2D eigenvalue weighted by atomic mass is 10.2. The molecule has 0 saturated heterocycles. The number of carbonyl (C=O) groups is 2. The van der Waals surface area contributed by atoms with Crippen LogP contribution in [-0.2, 0) is 19.0 Å². The molecule has 0 heterocycles. The van der Waals surface area contributed by atoms with E-state index in [9.17, 15) is 9.59 Å². The van der Waals surface area contributed by atoms with Crippen molar-refractivity contribution in [3.8, 4) is 0 Å². The third-order valence-electron chi connectivity index (χ3n) is 2.32. The van der Waals surface area contributed by atoms with E-state index in [1.165, 1.54) is 0 Å². The summed E-state index contributed by atoms with van der Waals surface area (Å²) < 4.78 is 15.3. The van der Waals surface area contributed by atoms with Gasteiger partial charge in [0.15, 0.2) is 0 Å². The van der Waals surface area contributed by atoms with Gasteiger partial charge in [-0.25, -0.2) is 9.59 Å². The molecule has 0 aliphatic carbocycles. The summed E-state index contributed by atoms with van der Waals surface area (Å²) in [6.07, 6.45) is -1.19. The average Bonchev–Trinajstić information content (AvgIpc) is 2.37. The van der Waals surface area contributed by atoms with Gasteiger partial charge in [-0.2, -0.15) is 0 Å². The maximum absolute atomic E-state index is 12.1. The first-order valence-electron chi connectivity index (χ1n) is 8.05. The Morgan fingerprint density at radius 1 is 0.880 bits per heavy atom. The van der Waals surface area contributed by atoms with E-state index in [2.05, 4.69) is 5.32 Å². The van der Waals surface area contributed by atoms with Gasteiger partial charge in [0, 0.05) is 13.7 Å². The molecule has 0 unspecified atom stereocenters. The average molecular weight is 364 g/mol. The molecule has 0 saturated carbocycles. The summed E-state index contributed by atoms with van der Waals surface area (Å²) in [5.74, 6) is 0. The molecule has 0 aromatic heterocycles. The molecule has 0 aliphatic heterocycles. The number of hydrogen-bond donors (Lipinski definition) is 1. The van der Waals surface area contributed by atoms with Gasteiger partial charge < -0.3 is 19.5 Å². The largest absolute Gasteiger partial charge is 0.444 e. The van der Waals surface area contributed by atoms with Gasteiger partial charge >= 0.3 is 12.2 Å². The van der Waals surface area contributed by atoms with E-state index in [-0.39, 0.29) is 14.0 Å². The SMILES string of the molecule is C.COCCNCCCON(C(=O)OC(C)(C)C)C(=O)OC(C)(C)C. The van der Waals surface area contributed by atoms with Crippen LogP contribution in [0, 0.1) is 0 Å². The van der Waals surface area contributed by atoms with Crippen molar-refractivity contribution in [1.82, 2.24) is 10.4 Å². The van der Waals surface area contributed by atoms with Crippen LogP contribution in [0.15, 0.2) is 0 Å². The second-order valence-corrected chi connectivity index (χ2v) is 7.18. The summed E-state index contributed by atoms with van der Waals surface area (Å²) in [4.78, 5) is 29.6. The number of carbonyl (C=O) groups excluding carboxylic acids is 2. The maximum atomic E-state index is 12.1. The fourth-order valence-corrected chi connectivity index (χ4v) is 1.44. The molecule has 0 aromatic rings. The number of hydroxylamine groups is 2. The molecule has 25 heavy (non-hydrogen) atoms. The van der Waals surface area contributed by atoms with Crippen LogP contribution in [-0.4, -0.2) is 61.9 Å². The Balaban J connectivity index is 0. The standard InChI is InChI=1S/C16H32N2O6.CH4/c1-15(2,3)23-13(19)18(14(20)24-16(4,5)6)22-11-8-9-17-10-12-21-7;/h17H,8-12H2,1-7H3;1H4. The minimum absolute atomic E-state index is 0. The number of methoxy groups -OCH3 is 1. The van der Waals surface area contributed by atoms with E-state index in [0.717, 1.165) is 6.54 Å². The predicted molar refractivity (Wildman–Crippen MR) is 96.4 cm³/mol. The van der Waals surface area contributed by atoms with Gasteiger partial charge in [-0.05, 0) is 54.5 Å². The van der Waals surface area contributed by atoms with Crippen molar-refractivity contribution >= 4 is 12.2 Å². The lowest BCUT2D eigenvalue weighted by molar-refractivity contribution is -0.138. The van der Waals surface area contributed by atoms with E-state index in [0.29, 0.717) is 24.6 Å². The lowest BCUT2D eigenvalue weighted by Gasteiger charge is -2.27. The van der Waals surface area contributed by atoms with Gasteiger partial charge in [0.25, 0.3) is 0 Å². The monoisotopic (exact) mass is 364 g/mol. The van der Waals surface area contributed by atoms with Gasteiger partial charge in [0.05, 0.1) is 13.2 Å². The number of ether oxygens (including phenoxy) is 3. The van der Waals surface area contributed by atoms with Crippen LogP contribution in [0.3, 0.4) is 0 Å². The Morgan fingerprint density at radius 3 is 1.76 bits per heavy atom. The number of rotatable bonds is 8. The number of nitrogens with zero attached hydrogens (tertiary/aromatic N) is 1. The topological polar surface area (TPSA) is 86.3 Å². The normalized spacial score (nSPS) is 11.5. The number of amides is 2. The molecule has 0 rings (SSSR count). The molecule has 0 spiro atoms. The second kappa shape index (κ2) is 12.1. The van der Waals surface area contributed by atoms with Crippen LogP contribution in [0.5, 0.6) is 0 Å². The first kappa shape index (κ1) is 25.9. The van der Waals surface area contributed by atoms with Gasteiger partial charge in [-0.3, -0.25) is 4.84 Å². The molecule has 8 nitrogen and oxygen atoms in total. The highest BCUT2D eigenvalue weighted by atomic mass is 16.8. The van der Waals surface area contributed by atoms with Crippen molar-refractivity contribution in [3.63, 3.8) is 0 Å². The summed E-state index contributed by atoms with van der Waals surface area (Å²) in [5, 5.41) is 3.67. The van der Waals surface area contributed by atoms with Gasteiger partial charge in [0.2, 0.25) is 0 Å². The molecule has 0 atom stereocenters. The third kappa shape index (κ3) is 14.7. The number of hydrogen-bond acceptors (Lipinski definition) is 7. The van der Waals surface area contributed by atoms with Crippen LogP contribution >= 0.6 is 0 Å². The van der Waals surface area contributed by atoms with Crippen LogP contribution in [0.1, 0.15) is 55.4 Å². The molecule has 150 valence electrons. The first-order chi connectivity index (χ1) is 11.0. The molecular weight excluding hydrogens is 328 g/mol. The Morgan fingerprint density at radius 2 is 1.36 bits per heavy atom. The van der Waals surface area contributed by atoms with Crippen LogP contribution < -0.4 is 5.32 Å². The van der Waals surface area contributed by atoms with Crippen molar-refractivity contribution in [2.45, 2.75) is 66.6 Å². The van der Waals surface area contributed by atoms with Crippen LogP contribution in [0.2, 0.25) is 0 Å². The summed E-state index contributed by atoms with van der Waals surface area (Å²) >= 11 is 0. The fraction of sp³-hybridized carbons (Fsp3) is 0.882. The van der Waals surface area contributed by atoms with Crippen LogP contribution in [0.4, 0.5) is 9.59 Å². The van der Waals surface area contributed by atoms with Crippen LogP contribution in [0.25, 0.3) is 0 Å². The van der Waals surface area contributed by atoms with Gasteiger partial charge in [-0.1, -0.05) is 12.5 Å². The molecule has 0 aromatic carbocycles. The predicted octanol–water partition coefficient (Wildman–Crippen LogP) is 3.35. The second-order valence-electron chi connectivity index (χ2n) is 7.18. The summed E-state index contributed by atoms with van der Waals surface area (Å²) in [5.41, 5.74) is -1.50. The van der Waals surface area contributed by atoms with Gasteiger partial charge in [0.1, 0.15) is 11.2 Å². The van der Waals surface area contributed by atoms with Crippen molar-refractivity contribution in [1.29, 1.82) is 0 Å². The molecule has 1 N–H and O–H groups in total. The molecular formula is C17H36N2O6. The minimum atomic E-state index is -0.899. The number of nitrogens with one attached hydrogen (secondary N) is 1. The zero-order chi connectivity index (χ0) is 18.8. The fourth-order valence-electron chi connectivity index (χ4n) is 1.44. The van der Waals surface area contributed by atoms with E-state index < -0.39 is 23.4 Å². The Kier molecular flexibility index (Phi) is 12.5. The smallest absolute Gasteiger partial charge is 0.442 e. The molecule has 0 bridgehead atoms. The highest BCUT2D eigenvalue weighted by Crippen LogP contribution is 2.14. The molecule has 0 radical (unpaired) electrons. The summed E-state index contributed by atoms with van der Waals surface area (Å²) in [7, 11) is 1.63. The Labute approximate surface area is 152 Å². The minimum Gasteiger partial charge on any atom is -0.442 e. The summed E-state index contributed by atoms with van der Waals surface area (Å²) in [6, 6.07) is 0. The maximum Gasteiger partial charge on any atom is 0.444 e. The first-order valence-corrected chi connectivity index (χ1v) is 8.05. The zero-order valence-corrected chi connectivity index (χ0v) is 15.9. The van der Waals surface area contributed by atoms with Crippen molar-refractivity contribution < 1.29 is 28.6 Å². The lowest BCUT2D eigenvalue weighted by Crippen LogP contribution is -2.43. The van der Waals surface area contributed by atoms with E-state index in [1.807, 2.05) is 0 Å². The Bertz CT molecular complexity index is 360. The van der Waals surface area contributed by atoms with E-state index in [1.54, 1.807) is 48.7 Å². The molecule has 2 amide bonds. The highest BCUT2D eigenvalue weighted by Gasteiger charge is 2.32. The van der Waals surface area contributed by atoms with Gasteiger partial charge in [-0.15, -0.1) is 0 Å². The van der Waals surface area contributed by atoms with E-state index >= 15 is 0 Å². The van der Waals surface area contributed by atoms with Crippen molar-refractivity contribution in [2.75, 3.05) is 33.4 Å². The third-order valence-corrected chi connectivity index (χ3v) is 2.32. The van der Waals surface area contributed by atoms with Crippen molar-refractivity contribution in [3.05, 3.63) is 0 Å². The quantitative estimate of drug-likeness (QED) is 0.522. The molecule has 0 fully saturated rings. The molecule has 8 heteroatoms.